The summed E-state index contributed by atoms with van der Waals surface area (Å²) < 4.78 is 9.02. The lowest BCUT2D eigenvalue weighted by molar-refractivity contribution is -0.515. The van der Waals surface area contributed by atoms with Crippen LogP contribution in [0.5, 0.6) is 5.75 Å². The van der Waals surface area contributed by atoms with E-state index in [2.05, 4.69) is 89.5 Å². The maximum Gasteiger partial charge on any atom is 0.513 e. The molecule has 5 rings (SSSR count). The van der Waals surface area contributed by atoms with Crippen molar-refractivity contribution in [2.75, 3.05) is 0 Å². The standard InChI is InChI=1S/C21H16BNO.2C2H6/c1-3-11-18(12-4-1)22(19-13-5-2-6-14-19)23-16-8-10-17-9-7-15-20(24-22)21(17)23;2*1-2/h1-16H;2*1-2H3. The molecule has 1 aliphatic rings. The molecule has 2 heterocycles. The summed E-state index contributed by atoms with van der Waals surface area (Å²) in [5.41, 5.74) is 3.52. The van der Waals surface area contributed by atoms with Crippen LogP contribution in [0.2, 0.25) is 0 Å². The van der Waals surface area contributed by atoms with Crippen molar-refractivity contribution in [3.05, 3.63) is 97.2 Å². The van der Waals surface area contributed by atoms with Crippen LogP contribution in [-0.4, -0.2) is 6.48 Å². The van der Waals surface area contributed by atoms with Gasteiger partial charge < -0.3 is 9.13 Å². The Morgan fingerprint density at radius 2 is 1.14 bits per heavy atom. The normalized spacial score (nSPS) is 12.9. The zero-order chi connectivity index (χ0) is 20.0. The second-order valence-corrected chi connectivity index (χ2v) is 6.29. The molecule has 2 nitrogen and oxygen atoms in total. The van der Waals surface area contributed by atoms with Gasteiger partial charge in [0.2, 0.25) is 5.52 Å². The molecule has 0 amide bonds. The minimum atomic E-state index is -1.53. The van der Waals surface area contributed by atoms with Crippen LogP contribution in [-0.2, 0) is 0 Å². The Morgan fingerprint density at radius 3 is 1.71 bits per heavy atom. The average molecular weight is 369 g/mol. The van der Waals surface area contributed by atoms with Crippen LogP contribution in [0.15, 0.2) is 97.2 Å². The molecule has 0 N–H and O–H groups in total. The van der Waals surface area contributed by atoms with Crippen LogP contribution >= 0.6 is 0 Å². The topological polar surface area (TPSA) is 13.1 Å². The Kier molecular flexibility index (Phi) is 6.15. The van der Waals surface area contributed by atoms with Gasteiger partial charge in [-0.25, -0.2) is 0 Å². The van der Waals surface area contributed by atoms with E-state index in [1.165, 1.54) is 16.3 Å². The lowest BCUT2D eigenvalue weighted by Crippen LogP contribution is -2.80. The highest BCUT2D eigenvalue weighted by molar-refractivity contribution is 6.92. The monoisotopic (exact) mass is 369 g/mol. The van der Waals surface area contributed by atoms with Gasteiger partial charge in [-0.15, -0.1) is 0 Å². The third-order valence-electron chi connectivity index (χ3n) is 5.00. The second kappa shape index (κ2) is 8.75. The minimum Gasteiger partial charge on any atom is -0.647 e. The van der Waals surface area contributed by atoms with Gasteiger partial charge in [0, 0.05) is 5.39 Å². The van der Waals surface area contributed by atoms with Gasteiger partial charge >= 0.3 is 6.48 Å². The first-order valence-electron chi connectivity index (χ1n) is 10.3. The molecule has 0 spiro atoms. The number of nitrogens with zero attached hydrogens (tertiary/aromatic N) is 1. The molecule has 0 radical (unpaired) electrons. The van der Waals surface area contributed by atoms with E-state index < -0.39 is 6.48 Å². The first-order chi connectivity index (χ1) is 13.9. The fourth-order valence-electron chi connectivity index (χ4n) is 3.98. The molecule has 4 aromatic rings. The van der Waals surface area contributed by atoms with E-state index in [1.807, 2.05) is 39.8 Å². The molecule has 0 saturated heterocycles. The lowest BCUT2D eigenvalue weighted by Gasteiger charge is -2.31. The van der Waals surface area contributed by atoms with E-state index in [1.54, 1.807) is 0 Å². The van der Waals surface area contributed by atoms with E-state index in [4.69, 9.17) is 4.65 Å². The molecule has 0 bridgehead atoms. The molecule has 0 aliphatic carbocycles. The maximum atomic E-state index is 6.71. The Bertz CT molecular complexity index is 987. The Hall–Kier alpha value is -3.07. The zero-order valence-corrected chi connectivity index (χ0v) is 17.2. The van der Waals surface area contributed by atoms with Crippen LogP contribution in [0, 0.1) is 0 Å². The summed E-state index contributed by atoms with van der Waals surface area (Å²) in [6, 6.07) is 31.5. The van der Waals surface area contributed by atoms with Crippen molar-refractivity contribution in [1.82, 2.24) is 0 Å². The van der Waals surface area contributed by atoms with Gasteiger partial charge in [-0.2, -0.15) is 0 Å². The fourth-order valence-corrected chi connectivity index (χ4v) is 3.98. The number of pyridine rings is 1. The third-order valence-corrected chi connectivity index (χ3v) is 5.00. The molecule has 28 heavy (non-hydrogen) atoms. The van der Waals surface area contributed by atoms with E-state index in [0.29, 0.717) is 0 Å². The Labute approximate surface area is 168 Å². The molecule has 1 aromatic heterocycles. The molecule has 142 valence electrons. The highest BCUT2D eigenvalue weighted by Crippen LogP contribution is 2.29. The zero-order valence-electron chi connectivity index (χ0n) is 17.2. The van der Waals surface area contributed by atoms with Gasteiger partial charge in [0.25, 0.3) is 0 Å². The molecule has 0 fully saturated rings. The first kappa shape index (κ1) is 19.7. The number of hydrogen-bond acceptors (Lipinski definition) is 1. The molecular weight excluding hydrogens is 341 g/mol. The number of rotatable bonds is 2. The van der Waals surface area contributed by atoms with E-state index >= 15 is 0 Å². The van der Waals surface area contributed by atoms with Crippen molar-refractivity contribution < 1.29 is 9.13 Å². The number of para-hydroxylation sites is 1. The summed E-state index contributed by atoms with van der Waals surface area (Å²) in [4.78, 5) is 0. The Morgan fingerprint density at radius 1 is 0.607 bits per heavy atom. The van der Waals surface area contributed by atoms with Crippen molar-refractivity contribution in [2.45, 2.75) is 27.7 Å². The van der Waals surface area contributed by atoms with Crippen molar-refractivity contribution in [3.63, 3.8) is 0 Å². The van der Waals surface area contributed by atoms with E-state index in [9.17, 15) is 0 Å². The first-order valence-corrected chi connectivity index (χ1v) is 10.3. The summed E-state index contributed by atoms with van der Waals surface area (Å²) in [7, 11) is 0. The third kappa shape index (κ3) is 3.07. The molecule has 0 atom stereocenters. The van der Waals surface area contributed by atoms with Crippen molar-refractivity contribution in [3.8, 4) is 5.75 Å². The van der Waals surface area contributed by atoms with Gasteiger partial charge in [-0.3, -0.25) is 0 Å². The number of aromatic nitrogens is 1. The average Bonchev–Trinajstić information content (AvgIpc) is 3.15. The van der Waals surface area contributed by atoms with E-state index in [-0.39, 0.29) is 0 Å². The van der Waals surface area contributed by atoms with Gasteiger partial charge in [0.1, 0.15) is 11.9 Å². The summed E-state index contributed by atoms with van der Waals surface area (Å²) in [6.07, 6.45) is 2.14. The highest BCUT2D eigenvalue weighted by Gasteiger charge is 2.50. The maximum absolute atomic E-state index is 6.71. The quantitative estimate of drug-likeness (QED) is 0.468. The summed E-state index contributed by atoms with van der Waals surface area (Å²) in [5, 5.41) is 1.20. The summed E-state index contributed by atoms with van der Waals surface area (Å²) in [6.45, 7) is 6.47. The van der Waals surface area contributed by atoms with Gasteiger partial charge in [0.05, 0.1) is 0 Å². The van der Waals surface area contributed by atoms with Crippen molar-refractivity contribution >= 4 is 28.3 Å². The van der Waals surface area contributed by atoms with Crippen molar-refractivity contribution in [2.24, 2.45) is 0 Å². The second-order valence-electron chi connectivity index (χ2n) is 6.29. The predicted octanol–water partition coefficient (Wildman–Crippen LogP) is 4.68. The van der Waals surface area contributed by atoms with Crippen LogP contribution in [0.1, 0.15) is 27.7 Å². The molecule has 0 saturated carbocycles. The highest BCUT2D eigenvalue weighted by atomic mass is 16.5. The smallest absolute Gasteiger partial charge is 0.513 e. The lowest BCUT2D eigenvalue weighted by atomic mass is 9.41. The summed E-state index contributed by atoms with van der Waals surface area (Å²) >= 11 is 0. The van der Waals surface area contributed by atoms with E-state index in [0.717, 1.165) is 11.3 Å². The van der Waals surface area contributed by atoms with Crippen molar-refractivity contribution in [1.29, 1.82) is 0 Å². The number of benzene rings is 3. The summed E-state index contributed by atoms with van der Waals surface area (Å²) in [5.74, 6) is 0.945. The van der Waals surface area contributed by atoms with Gasteiger partial charge in [-0.1, -0.05) is 105 Å². The van der Waals surface area contributed by atoms with Gasteiger partial charge in [-0.05, 0) is 24.3 Å². The SMILES string of the molecule is CC.CC.c1ccc([B-]2(c3ccccc3)Oc3cccc4ccc[n+]2c34)cc1. The molecule has 0 unspecified atom stereocenters. The molecule has 3 aromatic carbocycles. The largest absolute Gasteiger partial charge is 0.647 e. The van der Waals surface area contributed by atoms with Crippen LogP contribution < -0.4 is 20.1 Å². The molecule has 1 aliphatic heterocycles. The fraction of sp³-hybridized carbons (Fsp3) is 0.160. The van der Waals surface area contributed by atoms with Crippen LogP contribution in [0.3, 0.4) is 0 Å². The molecular formula is C25H28BNO. The number of hydrogen-bond donors (Lipinski definition) is 0. The Balaban J connectivity index is 0.000000531. The van der Waals surface area contributed by atoms with Gasteiger partial charge in [0.15, 0.2) is 0 Å². The minimum absolute atomic E-state index is 0.945. The van der Waals surface area contributed by atoms with Crippen LogP contribution in [0.25, 0.3) is 10.9 Å². The van der Waals surface area contributed by atoms with Crippen LogP contribution in [0.4, 0.5) is 0 Å². The molecule has 3 heteroatoms. The predicted molar refractivity (Wildman–Crippen MR) is 121 cm³/mol.